The molecule has 0 aliphatic carbocycles. The van der Waals surface area contributed by atoms with Crippen molar-refractivity contribution in [2.75, 3.05) is 46.5 Å². The molecule has 1 atom stereocenters. The van der Waals surface area contributed by atoms with E-state index in [-0.39, 0.29) is 17.0 Å². The number of ketones is 1. The van der Waals surface area contributed by atoms with Gasteiger partial charge in [0.25, 0.3) is 11.7 Å². The smallest absolute Gasteiger partial charge is 0.354 e. The molecule has 0 saturated carbocycles. The van der Waals surface area contributed by atoms with Gasteiger partial charge in [0.05, 0.1) is 25.9 Å². The van der Waals surface area contributed by atoms with E-state index in [9.17, 15) is 19.5 Å². The molecule has 2 N–H and O–H groups in total. The van der Waals surface area contributed by atoms with Crippen molar-refractivity contribution in [2.24, 2.45) is 0 Å². The Kier molecular flexibility index (Phi) is 7.13. The fraction of sp³-hybridized carbons (Fsp3) is 0.480. The highest BCUT2D eigenvalue weighted by Gasteiger charge is 2.47. The highest BCUT2D eigenvalue weighted by Crippen LogP contribution is 2.41. The number of aryl methyl sites for hydroxylation is 2. The number of aliphatic hydroxyl groups is 1. The number of carbonyl (C=O) groups is 3. The number of hydrogen-bond acceptors (Lipinski definition) is 8. The van der Waals surface area contributed by atoms with Crippen molar-refractivity contribution in [3.63, 3.8) is 0 Å². The molecule has 188 valence electrons. The average Bonchev–Trinajstić information content (AvgIpc) is 3.48. The Bertz CT molecular complexity index is 1170. The number of aromatic amines is 1. The Morgan fingerprint density at radius 2 is 1.89 bits per heavy atom. The van der Waals surface area contributed by atoms with Gasteiger partial charge in [-0.25, -0.2) is 4.79 Å². The highest BCUT2D eigenvalue weighted by atomic mass is 16.5. The van der Waals surface area contributed by atoms with E-state index >= 15 is 0 Å². The van der Waals surface area contributed by atoms with Gasteiger partial charge >= 0.3 is 5.97 Å². The lowest BCUT2D eigenvalue weighted by atomic mass is 9.97. The number of esters is 1. The summed E-state index contributed by atoms with van der Waals surface area (Å²) in [4.78, 5) is 45.1. The van der Waals surface area contributed by atoms with Crippen LogP contribution in [-0.4, -0.2) is 84.1 Å². The van der Waals surface area contributed by atoms with Crippen LogP contribution in [0, 0.1) is 20.8 Å². The first-order valence-electron chi connectivity index (χ1n) is 11.7. The van der Waals surface area contributed by atoms with Crippen molar-refractivity contribution in [2.45, 2.75) is 33.2 Å². The Hall–Kier alpha value is -3.37. The first kappa shape index (κ1) is 24.7. The number of aromatic nitrogens is 1. The van der Waals surface area contributed by atoms with E-state index < -0.39 is 23.7 Å². The summed E-state index contributed by atoms with van der Waals surface area (Å²) in [5.41, 5.74) is 1.33. The van der Waals surface area contributed by atoms with Gasteiger partial charge in [0.1, 0.15) is 29.0 Å². The van der Waals surface area contributed by atoms with Crippen molar-refractivity contribution >= 4 is 23.4 Å². The van der Waals surface area contributed by atoms with E-state index in [4.69, 9.17) is 13.9 Å². The highest BCUT2D eigenvalue weighted by molar-refractivity contribution is 6.46. The van der Waals surface area contributed by atoms with E-state index in [0.717, 1.165) is 19.6 Å². The average molecular weight is 486 g/mol. The molecule has 2 aliphatic rings. The lowest BCUT2D eigenvalue weighted by Crippen LogP contribution is -2.38. The molecule has 0 radical (unpaired) electrons. The summed E-state index contributed by atoms with van der Waals surface area (Å²) in [5.74, 6) is -1.39. The van der Waals surface area contributed by atoms with Crippen LogP contribution >= 0.6 is 0 Å². The van der Waals surface area contributed by atoms with E-state index in [1.165, 1.54) is 12.0 Å². The first-order valence-corrected chi connectivity index (χ1v) is 11.7. The number of likely N-dealkylation sites (tertiary alicyclic amines) is 1. The fourth-order valence-electron chi connectivity index (χ4n) is 4.84. The predicted molar refractivity (Wildman–Crippen MR) is 126 cm³/mol. The minimum absolute atomic E-state index is 0.0580. The molecule has 1 unspecified atom stereocenters. The van der Waals surface area contributed by atoms with Gasteiger partial charge in [-0.3, -0.25) is 14.5 Å². The third kappa shape index (κ3) is 4.63. The maximum Gasteiger partial charge on any atom is 0.354 e. The standard InChI is InChI=1S/C25H31N3O7/c1-14-6-7-17(35-14)21-19(22(29)18-15(2)20(25(32)33-4)26-16(18)3)23(30)24(31)28(21)9-5-8-27-10-12-34-13-11-27/h6-7,21,26,29H,5,8-13H2,1-4H3/b22-19-. The quantitative estimate of drug-likeness (QED) is 0.265. The lowest BCUT2D eigenvalue weighted by molar-refractivity contribution is -0.140. The van der Waals surface area contributed by atoms with Crippen LogP contribution < -0.4 is 0 Å². The van der Waals surface area contributed by atoms with Crippen LogP contribution in [0.2, 0.25) is 0 Å². The molecule has 10 heteroatoms. The Labute approximate surface area is 203 Å². The van der Waals surface area contributed by atoms with Crippen molar-refractivity contribution in [1.29, 1.82) is 0 Å². The lowest BCUT2D eigenvalue weighted by Gasteiger charge is -2.28. The molecule has 10 nitrogen and oxygen atoms in total. The van der Waals surface area contributed by atoms with Crippen LogP contribution in [-0.2, 0) is 19.1 Å². The van der Waals surface area contributed by atoms with Crippen molar-refractivity contribution < 1.29 is 33.4 Å². The number of furan rings is 1. The summed E-state index contributed by atoms with van der Waals surface area (Å²) in [6.07, 6.45) is 0.651. The van der Waals surface area contributed by atoms with Crippen LogP contribution in [0.3, 0.4) is 0 Å². The fourth-order valence-corrected chi connectivity index (χ4v) is 4.84. The van der Waals surface area contributed by atoms with E-state index in [1.807, 2.05) is 0 Å². The number of Topliss-reactive ketones (excluding diaryl/α,β-unsaturated/α-hetero) is 1. The zero-order valence-electron chi connectivity index (χ0n) is 20.5. The topological polar surface area (TPSA) is 125 Å². The van der Waals surface area contributed by atoms with E-state index in [2.05, 4.69) is 9.88 Å². The van der Waals surface area contributed by atoms with Gasteiger partial charge in [0.2, 0.25) is 0 Å². The molecule has 2 aromatic heterocycles. The Morgan fingerprint density at radius 1 is 1.17 bits per heavy atom. The largest absolute Gasteiger partial charge is 0.507 e. The molecule has 0 spiro atoms. The Balaban J connectivity index is 1.72. The second kappa shape index (κ2) is 10.1. The van der Waals surface area contributed by atoms with Crippen molar-refractivity contribution in [1.82, 2.24) is 14.8 Å². The molecule has 0 bridgehead atoms. The summed E-state index contributed by atoms with van der Waals surface area (Å²) >= 11 is 0. The number of nitrogens with one attached hydrogen (secondary N) is 1. The van der Waals surface area contributed by atoms with Gasteiger partial charge in [-0.15, -0.1) is 0 Å². The van der Waals surface area contributed by atoms with E-state index in [0.29, 0.717) is 54.5 Å². The molecular weight excluding hydrogens is 454 g/mol. The van der Waals surface area contributed by atoms with Crippen LogP contribution in [0.25, 0.3) is 5.76 Å². The number of methoxy groups -OCH3 is 1. The van der Waals surface area contributed by atoms with Gasteiger partial charge in [0, 0.05) is 37.4 Å². The van der Waals surface area contributed by atoms with Crippen molar-refractivity contribution in [3.8, 4) is 0 Å². The molecular formula is C25H31N3O7. The summed E-state index contributed by atoms with van der Waals surface area (Å²) in [7, 11) is 1.26. The van der Waals surface area contributed by atoms with E-state index in [1.54, 1.807) is 32.9 Å². The maximum atomic E-state index is 13.2. The molecule has 35 heavy (non-hydrogen) atoms. The maximum absolute atomic E-state index is 13.2. The van der Waals surface area contributed by atoms with Crippen LogP contribution in [0.15, 0.2) is 22.1 Å². The summed E-state index contributed by atoms with van der Waals surface area (Å²) in [5, 5.41) is 11.4. The zero-order valence-corrected chi connectivity index (χ0v) is 20.5. The number of nitrogens with zero attached hydrogens (tertiary/aromatic N) is 2. The molecule has 2 aromatic rings. The van der Waals surface area contributed by atoms with Crippen LogP contribution in [0.1, 0.15) is 51.3 Å². The first-order chi connectivity index (χ1) is 16.7. The molecule has 2 fully saturated rings. The monoisotopic (exact) mass is 485 g/mol. The molecule has 2 aliphatic heterocycles. The van der Waals surface area contributed by atoms with Crippen molar-refractivity contribution in [3.05, 3.63) is 51.7 Å². The number of amides is 1. The number of morpholine rings is 1. The van der Waals surface area contributed by atoms with Gasteiger partial charge in [-0.2, -0.15) is 0 Å². The van der Waals surface area contributed by atoms with Crippen LogP contribution in [0.4, 0.5) is 0 Å². The molecule has 4 rings (SSSR count). The second-order valence-corrected chi connectivity index (χ2v) is 8.87. The van der Waals surface area contributed by atoms with Crippen LogP contribution in [0.5, 0.6) is 0 Å². The normalized spacial score (nSPS) is 20.6. The number of hydrogen-bond donors (Lipinski definition) is 2. The number of rotatable bonds is 7. The number of ether oxygens (including phenoxy) is 2. The number of carbonyl (C=O) groups excluding carboxylic acids is 3. The van der Waals surface area contributed by atoms with Gasteiger partial charge in [-0.05, 0) is 44.9 Å². The predicted octanol–water partition coefficient (Wildman–Crippen LogP) is 2.46. The molecule has 4 heterocycles. The minimum atomic E-state index is -0.872. The minimum Gasteiger partial charge on any atom is -0.507 e. The molecule has 1 amide bonds. The third-order valence-electron chi connectivity index (χ3n) is 6.61. The van der Waals surface area contributed by atoms with Gasteiger partial charge in [0.15, 0.2) is 0 Å². The van der Waals surface area contributed by atoms with Gasteiger partial charge < -0.3 is 28.9 Å². The summed E-state index contributed by atoms with van der Waals surface area (Å²) < 4.78 is 16.0. The molecule has 0 aromatic carbocycles. The number of aliphatic hydroxyl groups excluding tert-OH is 1. The zero-order chi connectivity index (χ0) is 25.3. The SMILES string of the molecule is COC(=O)c1[nH]c(C)c(/C(O)=C2/C(=O)C(=O)N(CCCN3CCOCC3)C2c2ccc(C)o2)c1C. The van der Waals surface area contributed by atoms with Gasteiger partial charge in [-0.1, -0.05) is 0 Å². The summed E-state index contributed by atoms with van der Waals surface area (Å²) in [6.45, 7) is 9.20. The third-order valence-corrected chi connectivity index (χ3v) is 6.61. The molecule has 2 saturated heterocycles. The summed E-state index contributed by atoms with van der Waals surface area (Å²) in [6, 6.07) is 2.60. The Morgan fingerprint density at radius 3 is 2.51 bits per heavy atom. The second-order valence-electron chi connectivity index (χ2n) is 8.87. The number of H-pyrrole nitrogens is 1.